The number of amides is 2. The quantitative estimate of drug-likeness (QED) is 0.733. The van der Waals surface area contributed by atoms with Crippen LogP contribution in [0.1, 0.15) is 23.2 Å². The smallest absolute Gasteiger partial charge is 0.256 e. The van der Waals surface area contributed by atoms with Crippen molar-refractivity contribution in [2.75, 3.05) is 11.9 Å². The highest BCUT2D eigenvalue weighted by atomic mass is 79.9. The second-order valence-electron chi connectivity index (χ2n) is 5.08. The molecule has 6 heteroatoms. The largest absolute Gasteiger partial charge is 0.355 e. The van der Waals surface area contributed by atoms with E-state index in [1.807, 2.05) is 6.07 Å². The first kappa shape index (κ1) is 12.6. The first-order valence-corrected chi connectivity index (χ1v) is 7.10. The number of hydrogen-bond acceptors (Lipinski definition) is 2. The number of hydrogen-bond donors (Lipinski definition) is 2. The Hall–Kier alpha value is -1.40. The van der Waals surface area contributed by atoms with Gasteiger partial charge in [0.2, 0.25) is 5.91 Å². The standard InChI is InChI=1S/C13H14BrN3O2/c14-7-1-2-10-9(5-7)13(19)17-4-3-8(15)6-11(17)12(18)16-10/h1-2,5,8,11H,3-4,6,15H2,(H,16,18)/p+1/t8-,11-/m0/s1. The molecule has 0 saturated carbocycles. The lowest BCUT2D eigenvalue weighted by Gasteiger charge is -2.34. The highest BCUT2D eigenvalue weighted by Crippen LogP contribution is 2.29. The lowest BCUT2D eigenvalue weighted by molar-refractivity contribution is -0.427. The van der Waals surface area contributed by atoms with E-state index < -0.39 is 6.04 Å². The van der Waals surface area contributed by atoms with Gasteiger partial charge in [-0.1, -0.05) is 15.9 Å². The number of nitrogens with zero attached hydrogens (tertiary/aromatic N) is 1. The summed E-state index contributed by atoms with van der Waals surface area (Å²) in [7, 11) is 0. The molecule has 2 aliphatic heterocycles. The molecule has 1 aromatic rings. The lowest BCUT2D eigenvalue weighted by Crippen LogP contribution is -2.67. The third-order valence-electron chi connectivity index (χ3n) is 3.74. The number of nitrogens with one attached hydrogen (secondary N) is 1. The fourth-order valence-electron chi connectivity index (χ4n) is 2.70. The molecule has 0 aliphatic carbocycles. The van der Waals surface area contributed by atoms with Crippen molar-refractivity contribution in [3.63, 3.8) is 0 Å². The summed E-state index contributed by atoms with van der Waals surface area (Å²) in [6.07, 6.45) is 1.48. The molecule has 100 valence electrons. The van der Waals surface area contributed by atoms with E-state index in [0.717, 1.165) is 10.9 Å². The fourth-order valence-corrected chi connectivity index (χ4v) is 3.06. The molecular formula is C13H15BrN3O2+. The Morgan fingerprint density at radius 1 is 1.37 bits per heavy atom. The number of benzene rings is 1. The lowest BCUT2D eigenvalue weighted by atomic mass is 9.97. The average molecular weight is 325 g/mol. The van der Waals surface area contributed by atoms with Gasteiger partial charge in [-0.15, -0.1) is 0 Å². The molecule has 2 heterocycles. The van der Waals surface area contributed by atoms with Crippen molar-refractivity contribution >= 4 is 33.4 Å². The van der Waals surface area contributed by atoms with Gasteiger partial charge in [0.05, 0.1) is 17.3 Å². The minimum absolute atomic E-state index is 0.0773. The maximum atomic E-state index is 12.6. The molecule has 19 heavy (non-hydrogen) atoms. The van der Waals surface area contributed by atoms with E-state index in [0.29, 0.717) is 24.2 Å². The maximum Gasteiger partial charge on any atom is 0.256 e. The Morgan fingerprint density at radius 2 is 2.16 bits per heavy atom. The van der Waals surface area contributed by atoms with Crippen LogP contribution < -0.4 is 11.1 Å². The molecule has 2 aliphatic rings. The highest BCUT2D eigenvalue weighted by Gasteiger charge is 2.39. The summed E-state index contributed by atoms with van der Waals surface area (Å²) in [6.45, 7) is 0.594. The predicted octanol–water partition coefficient (Wildman–Crippen LogP) is 0.616. The SMILES string of the molecule is [NH3+][C@H]1CCN2C(=O)c3cc(Br)ccc3NC(=O)[C@@H]2C1. The summed E-state index contributed by atoms with van der Waals surface area (Å²) in [5, 5.41) is 2.85. The number of fused-ring (bicyclic) bond motifs is 2. The van der Waals surface area contributed by atoms with Crippen LogP contribution in [0.25, 0.3) is 0 Å². The number of carbonyl (C=O) groups is 2. The normalized spacial score (nSPS) is 26.3. The molecule has 3 rings (SSSR count). The van der Waals surface area contributed by atoms with Gasteiger partial charge in [0.1, 0.15) is 6.04 Å². The summed E-state index contributed by atoms with van der Waals surface area (Å²) in [5.74, 6) is -0.186. The van der Waals surface area contributed by atoms with Gasteiger partial charge in [-0.05, 0) is 18.2 Å². The molecule has 4 N–H and O–H groups in total. The number of anilines is 1. The number of carbonyl (C=O) groups excluding carboxylic acids is 2. The number of halogens is 1. The fraction of sp³-hybridized carbons (Fsp3) is 0.385. The second kappa shape index (κ2) is 4.61. The van der Waals surface area contributed by atoms with Crippen LogP contribution in [-0.4, -0.2) is 35.3 Å². The van der Waals surface area contributed by atoms with E-state index in [1.165, 1.54) is 0 Å². The average Bonchev–Trinajstić information content (AvgIpc) is 2.48. The monoisotopic (exact) mass is 324 g/mol. The maximum absolute atomic E-state index is 12.6. The van der Waals surface area contributed by atoms with Crippen LogP contribution in [0.4, 0.5) is 5.69 Å². The number of quaternary nitrogens is 1. The molecule has 2 atom stereocenters. The zero-order valence-electron chi connectivity index (χ0n) is 10.4. The van der Waals surface area contributed by atoms with E-state index >= 15 is 0 Å². The van der Waals surface area contributed by atoms with Crippen LogP contribution >= 0.6 is 15.9 Å². The molecule has 0 unspecified atom stereocenters. The van der Waals surface area contributed by atoms with Gasteiger partial charge >= 0.3 is 0 Å². The molecule has 1 saturated heterocycles. The van der Waals surface area contributed by atoms with E-state index in [4.69, 9.17) is 0 Å². The van der Waals surface area contributed by atoms with E-state index in [2.05, 4.69) is 27.0 Å². The van der Waals surface area contributed by atoms with Crippen molar-refractivity contribution in [1.29, 1.82) is 0 Å². The van der Waals surface area contributed by atoms with Crippen LogP contribution in [0.15, 0.2) is 22.7 Å². The van der Waals surface area contributed by atoms with Crippen molar-refractivity contribution in [2.24, 2.45) is 0 Å². The molecule has 0 aromatic heterocycles. The van der Waals surface area contributed by atoms with E-state index in [9.17, 15) is 9.59 Å². The zero-order valence-corrected chi connectivity index (χ0v) is 11.9. The highest BCUT2D eigenvalue weighted by molar-refractivity contribution is 9.10. The van der Waals surface area contributed by atoms with E-state index in [1.54, 1.807) is 17.0 Å². The number of rotatable bonds is 0. The van der Waals surface area contributed by atoms with Crippen LogP contribution in [0.3, 0.4) is 0 Å². The summed E-state index contributed by atoms with van der Waals surface area (Å²) in [4.78, 5) is 26.5. The second-order valence-corrected chi connectivity index (χ2v) is 6.00. The van der Waals surface area contributed by atoms with Gasteiger partial charge in [-0.2, -0.15) is 0 Å². The topological polar surface area (TPSA) is 77.1 Å². The van der Waals surface area contributed by atoms with Crippen molar-refractivity contribution in [3.8, 4) is 0 Å². The van der Waals surface area contributed by atoms with Crippen molar-refractivity contribution in [3.05, 3.63) is 28.2 Å². The van der Waals surface area contributed by atoms with Gasteiger partial charge in [-0.25, -0.2) is 0 Å². The van der Waals surface area contributed by atoms with Gasteiger partial charge < -0.3 is 16.0 Å². The van der Waals surface area contributed by atoms with E-state index in [-0.39, 0.29) is 17.9 Å². The third-order valence-corrected chi connectivity index (χ3v) is 4.24. The van der Waals surface area contributed by atoms with Gasteiger partial charge in [0.15, 0.2) is 0 Å². The predicted molar refractivity (Wildman–Crippen MR) is 73.5 cm³/mol. The molecule has 0 spiro atoms. The van der Waals surface area contributed by atoms with Gasteiger partial charge in [0.25, 0.3) is 5.91 Å². The molecular weight excluding hydrogens is 310 g/mol. The first-order chi connectivity index (χ1) is 9.06. The van der Waals surface area contributed by atoms with Crippen LogP contribution in [0.5, 0.6) is 0 Å². The summed E-state index contributed by atoms with van der Waals surface area (Å²) in [5.41, 5.74) is 5.16. The zero-order chi connectivity index (χ0) is 13.6. The van der Waals surface area contributed by atoms with Crippen molar-refractivity contribution in [1.82, 2.24) is 4.90 Å². The van der Waals surface area contributed by atoms with Crippen molar-refractivity contribution < 1.29 is 15.3 Å². The van der Waals surface area contributed by atoms with Gasteiger partial charge in [0, 0.05) is 23.9 Å². The van der Waals surface area contributed by atoms with Crippen molar-refractivity contribution in [2.45, 2.75) is 24.9 Å². The molecule has 0 bridgehead atoms. The van der Waals surface area contributed by atoms with Crippen LogP contribution in [0.2, 0.25) is 0 Å². The molecule has 5 nitrogen and oxygen atoms in total. The Balaban J connectivity index is 2.05. The molecule has 2 amide bonds. The first-order valence-electron chi connectivity index (χ1n) is 6.30. The van der Waals surface area contributed by atoms with Gasteiger partial charge in [-0.3, -0.25) is 9.59 Å². The third kappa shape index (κ3) is 2.15. The minimum atomic E-state index is -0.394. The summed E-state index contributed by atoms with van der Waals surface area (Å²) >= 11 is 3.36. The minimum Gasteiger partial charge on any atom is -0.355 e. The van der Waals surface area contributed by atoms with Crippen LogP contribution in [-0.2, 0) is 4.79 Å². The van der Waals surface area contributed by atoms with Crippen LogP contribution in [0, 0.1) is 0 Å². The summed E-state index contributed by atoms with van der Waals surface area (Å²) < 4.78 is 0.833. The Bertz CT molecular complexity index is 561. The Morgan fingerprint density at radius 3 is 2.95 bits per heavy atom. The number of piperidine rings is 1. The molecule has 0 radical (unpaired) electrons. The molecule has 1 aromatic carbocycles. The molecule has 1 fully saturated rings. The Kier molecular flexibility index (Phi) is 3.06. The summed E-state index contributed by atoms with van der Waals surface area (Å²) in [6, 6.07) is 5.18. The Labute approximate surface area is 119 Å².